The van der Waals surface area contributed by atoms with Gasteiger partial charge in [-0.3, -0.25) is 0 Å². The number of hydrogen-bond donors (Lipinski definition) is 1. The monoisotopic (exact) mass is 320 g/mol. The lowest BCUT2D eigenvalue weighted by atomic mass is 10.0. The smallest absolute Gasteiger partial charge is 0.115 e. The number of nitrogens with one attached hydrogen (secondary N) is 1. The first-order valence-corrected chi connectivity index (χ1v) is 8.86. The van der Waals surface area contributed by atoms with Crippen LogP contribution in [0, 0.1) is 6.92 Å². The van der Waals surface area contributed by atoms with Gasteiger partial charge in [0.2, 0.25) is 0 Å². The Hall–Kier alpha value is -0.900. The van der Waals surface area contributed by atoms with Crippen LogP contribution >= 0.6 is 22.9 Å². The number of aromatic nitrogens is 1. The van der Waals surface area contributed by atoms with Crippen molar-refractivity contribution < 1.29 is 0 Å². The summed E-state index contributed by atoms with van der Waals surface area (Å²) in [4.78, 5) is 6.39. The summed E-state index contributed by atoms with van der Waals surface area (Å²) in [5.41, 5.74) is 3.65. The second kappa shape index (κ2) is 6.47. The van der Waals surface area contributed by atoms with E-state index < -0.39 is 0 Å². The minimum Gasteiger partial charge on any atom is -0.305 e. The molecule has 0 aliphatic heterocycles. The van der Waals surface area contributed by atoms with Crippen LogP contribution in [0.2, 0.25) is 5.02 Å². The van der Waals surface area contributed by atoms with E-state index in [0.717, 1.165) is 23.6 Å². The third kappa shape index (κ3) is 3.15. The molecule has 1 aliphatic rings. The minimum absolute atomic E-state index is 0.156. The Kier molecular flexibility index (Phi) is 4.63. The fourth-order valence-electron chi connectivity index (χ4n) is 2.84. The molecule has 1 aromatic carbocycles. The summed E-state index contributed by atoms with van der Waals surface area (Å²) < 4.78 is 0. The molecule has 1 atom stereocenters. The molecule has 2 nitrogen and oxygen atoms in total. The van der Waals surface area contributed by atoms with Gasteiger partial charge in [-0.15, -0.1) is 11.3 Å². The highest BCUT2D eigenvalue weighted by atomic mass is 35.5. The van der Waals surface area contributed by atoms with Crippen molar-refractivity contribution in [2.45, 2.75) is 45.6 Å². The van der Waals surface area contributed by atoms with E-state index in [9.17, 15) is 0 Å². The molecule has 1 unspecified atom stereocenters. The number of benzene rings is 1. The van der Waals surface area contributed by atoms with Crippen LogP contribution in [0.5, 0.6) is 0 Å². The molecular weight excluding hydrogens is 300 g/mol. The molecule has 0 radical (unpaired) electrons. The Morgan fingerprint density at radius 2 is 2.14 bits per heavy atom. The van der Waals surface area contributed by atoms with Crippen LogP contribution in [0.25, 0.3) is 0 Å². The molecule has 1 heterocycles. The van der Waals surface area contributed by atoms with Gasteiger partial charge in [-0.05, 0) is 56.3 Å². The van der Waals surface area contributed by atoms with E-state index in [4.69, 9.17) is 16.6 Å². The molecule has 3 rings (SSSR count). The molecule has 1 aliphatic carbocycles. The molecular formula is C17H21ClN2S. The van der Waals surface area contributed by atoms with Crippen molar-refractivity contribution in [1.82, 2.24) is 10.3 Å². The number of thiazole rings is 1. The van der Waals surface area contributed by atoms with Gasteiger partial charge in [-0.2, -0.15) is 0 Å². The maximum atomic E-state index is 6.30. The van der Waals surface area contributed by atoms with Crippen molar-refractivity contribution in [2.24, 2.45) is 0 Å². The van der Waals surface area contributed by atoms with Crippen LogP contribution in [-0.2, 0) is 12.8 Å². The quantitative estimate of drug-likeness (QED) is 0.884. The zero-order valence-electron chi connectivity index (χ0n) is 12.6. The molecule has 2 aromatic rings. The summed E-state index contributed by atoms with van der Waals surface area (Å²) in [6, 6.07) is 6.48. The van der Waals surface area contributed by atoms with Crippen molar-refractivity contribution in [3.63, 3.8) is 0 Å². The van der Waals surface area contributed by atoms with Gasteiger partial charge in [0.1, 0.15) is 5.01 Å². The van der Waals surface area contributed by atoms with Crippen LogP contribution in [0.15, 0.2) is 18.2 Å². The zero-order valence-corrected chi connectivity index (χ0v) is 14.2. The van der Waals surface area contributed by atoms with Gasteiger partial charge in [-0.25, -0.2) is 4.98 Å². The number of fused-ring (bicyclic) bond motifs is 1. The molecule has 0 amide bonds. The SMILES string of the molecule is CCNC(c1ccc(C)c(Cl)c1)c1nc2c(s1)CCCC2. The van der Waals surface area contributed by atoms with E-state index in [0.29, 0.717) is 0 Å². The Balaban J connectivity index is 1.96. The maximum Gasteiger partial charge on any atom is 0.115 e. The Morgan fingerprint density at radius 1 is 1.33 bits per heavy atom. The highest BCUT2D eigenvalue weighted by Gasteiger charge is 2.22. The van der Waals surface area contributed by atoms with Crippen LogP contribution in [0.4, 0.5) is 0 Å². The van der Waals surface area contributed by atoms with E-state index in [2.05, 4.69) is 30.4 Å². The van der Waals surface area contributed by atoms with E-state index in [1.165, 1.54) is 40.4 Å². The summed E-state index contributed by atoms with van der Waals surface area (Å²) in [6.07, 6.45) is 4.91. The number of halogens is 1. The molecule has 21 heavy (non-hydrogen) atoms. The van der Waals surface area contributed by atoms with E-state index in [1.54, 1.807) is 0 Å². The molecule has 0 fully saturated rings. The standard InChI is InChI=1S/C17H21ClN2S/c1-3-19-16(12-9-8-11(2)13(18)10-12)17-20-14-6-4-5-7-15(14)21-17/h8-10,16,19H,3-7H2,1-2H3. The Labute approximate surface area is 135 Å². The highest BCUT2D eigenvalue weighted by Crippen LogP contribution is 2.33. The Bertz CT molecular complexity index is 612. The Morgan fingerprint density at radius 3 is 2.86 bits per heavy atom. The average molecular weight is 321 g/mol. The lowest BCUT2D eigenvalue weighted by Crippen LogP contribution is -2.22. The summed E-state index contributed by atoms with van der Waals surface area (Å²) in [7, 11) is 0. The third-order valence-corrected chi connectivity index (χ3v) is 5.68. The number of nitrogens with zero attached hydrogens (tertiary/aromatic N) is 1. The van der Waals surface area contributed by atoms with Crippen molar-refractivity contribution >= 4 is 22.9 Å². The zero-order chi connectivity index (χ0) is 14.8. The second-order valence-corrected chi connectivity index (χ2v) is 7.15. The lowest BCUT2D eigenvalue weighted by molar-refractivity contribution is 0.620. The minimum atomic E-state index is 0.156. The van der Waals surface area contributed by atoms with Gasteiger partial charge >= 0.3 is 0 Å². The van der Waals surface area contributed by atoms with Gasteiger partial charge in [-0.1, -0.05) is 30.7 Å². The molecule has 0 spiro atoms. The second-order valence-electron chi connectivity index (χ2n) is 5.63. The molecule has 0 bridgehead atoms. The van der Waals surface area contributed by atoms with Gasteiger partial charge in [0.05, 0.1) is 11.7 Å². The fraction of sp³-hybridized carbons (Fsp3) is 0.471. The largest absolute Gasteiger partial charge is 0.305 e. The number of hydrogen-bond acceptors (Lipinski definition) is 3. The number of aryl methyl sites for hydroxylation is 3. The number of rotatable bonds is 4. The van der Waals surface area contributed by atoms with Gasteiger partial charge in [0.15, 0.2) is 0 Å². The summed E-state index contributed by atoms with van der Waals surface area (Å²) >= 11 is 8.17. The van der Waals surface area contributed by atoms with Gasteiger partial charge in [0.25, 0.3) is 0 Å². The molecule has 0 saturated heterocycles. The van der Waals surface area contributed by atoms with E-state index in [-0.39, 0.29) is 6.04 Å². The van der Waals surface area contributed by atoms with Gasteiger partial charge < -0.3 is 5.32 Å². The summed E-state index contributed by atoms with van der Waals surface area (Å²) in [5.74, 6) is 0. The molecule has 1 aromatic heterocycles. The highest BCUT2D eigenvalue weighted by molar-refractivity contribution is 7.11. The summed E-state index contributed by atoms with van der Waals surface area (Å²) in [5, 5.41) is 5.57. The molecule has 0 saturated carbocycles. The average Bonchev–Trinajstić information content (AvgIpc) is 2.91. The maximum absolute atomic E-state index is 6.30. The van der Waals surface area contributed by atoms with Crippen molar-refractivity contribution in [3.8, 4) is 0 Å². The first kappa shape index (κ1) is 15.0. The normalized spacial score (nSPS) is 15.8. The first-order valence-electron chi connectivity index (χ1n) is 7.67. The topological polar surface area (TPSA) is 24.9 Å². The molecule has 4 heteroatoms. The van der Waals surface area contributed by atoms with E-state index in [1.807, 2.05) is 18.3 Å². The van der Waals surface area contributed by atoms with E-state index >= 15 is 0 Å². The van der Waals surface area contributed by atoms with Crippen molar-refractivity contribution in [1.29, 1.82) is 0 Å². The summed E-state index contributed by atoms with van der Waals surface area (Å²) in [6.45, 7) is 5.09. The predicted molar refractivity (Wildman–Crippen MR) is 90.5 cm³/mol. The lowest BCUT2D eigenvalue weighted by Gasteiger charge is -2.16. The van der Waals surface area contributed by atoms with Gasteiger partial charge in [0, 0.05) is 9.90 Å². The first-order chi connectivity index (χ1) is 10.2. The molecule has 112 valence electrons. The molecule has 1 N–H and O–H groups in total. The van der Waals surface area contributed by atoms with Crippen LogP contribution in [-0.4, -0.2) is 11.5 Å². The van der Waals surface area contributed by atoms with Crippen molar-refractivity contribution in [3.05, 3.63) is 49.9 Å². The fourth-order valence-corrected chi connectivity index (χ4v) is 4.28. The predicted octanol–water partition coefficient (Wildman–Crippen LogP) is 4.68. The van der Waals surface area contributed by atoms with Crippen LogP contribution in [0.1, 0.15) is 52.5 Å². The third-order valence-electron chi connectivity index (χ3n) is 4.05. The van der Waals surface area contributed by atoms with Crippen LogP contribution < -0.4 is 5.32 Å². The van der Waals surface area contributed by atoms with Crippen molar-refractivity contribution in [2.75, 3.05) is 6.54 Å². The van der Waals surface area contributed by atoms with Crippen LogP contribution in [0.3, 0.4) is 0 Å².